The Hall–Kier alpha value is -4.34. The third kappa shape index (κ3) is 4.69. The molecule has 0 radical (unpaired) electrons. The fourth-order valence-electron chi connectivity index (χ4n) is 3.31. The van der Waals surface area contributed by atoms with Crippen molar-refractivity contribution in [1.82, 2.24) is 0 Å². The highest BCUT2D eigenvalue weighted by Crippen LogP contribution is 2.30. The Balaban J connectivity index is 1.75. The number of fused-ring (bicyclic) bond motifs is 1. The van der Waals surface area contributed by atoms with E-state index in [1.807, 2.05) is 54.6 Å². The van der Waals surface area contributed by atoms with Gasteiger partial charge in [0.15, 0.2) is 11.5 Å². The molecule has 0 unspecified atom stereocenters. The quantitative estimate of drug-likeness (QED) is 0.402. The molecule has 0 heterocycles. The van der Waals surface area contributed by atoms with E-state index < -0.39 is 0 Å². The van der Waals surface area contributed by atoms with Gasteiger partial charge in [-0.05, 0) is 47.2 Å². The monoisotopic (exact) mass is 418 g/mol. The molecule has 3 heteroatoms. The van der Waals surface area contributed by atoms with E-state index >= 15 is 0 Å². The Labute approximate surface area is 188 Å². The fraction of sp³-hybridized carbons (Fsp3) is 0.103. The zero-order valence-corrected chi connectivity index (χ0v) is 18.2. The standard InChI is InChI=1S/C29H22O3/c1-30-27-16-11-21(12-17-27)8-14-25-19-28(31-2)29(32-3)20-26(25)15-10-22-9-13-23-6-4-5-7-24(23)18-22/h4-7,9,11-13,16-20H,1-3H3. The summed E-state index contributed by atoms with van der Waals surface area (Å²) in [4.78, 5) is 0. The average molecular weight is 418 g/mol. The van der Waals surface area contributed by atoms with Gasteiger partial charge in [-0.3, -0.25) is 0 Å². The van der Waals surface area contributed by atoms with Crippen molar-refractivity contribution in [3.8, 4) is 40.9 Å². The summed E-state index contributed by atoms with van der Waals surface area (Å²) in [6, 6.07) is 25.8. The molecule has 0 aliphatic rings. The number of ether oxygens (including phenoxy) is 3. The lowest BCUT2D eigenvalue weighted by atomic mass is 10.0. The SMILES string of the molecule is COc1ccc(C#Cc2cc(OC)c(OC)cc2C#Cc2ccc3ccccc3c2)cc1. The van der Waals surface area contributed by atoms with Crippen molar-refractivity contribution < 1.29 is 14.2 Å². The smallest absolute Gasteiger partial charge is 0.162 e. The maximum atomic E-state index is 5.48. The van der Waals surface area contributed by atoms with E-state index in [4.69, 9.17) is 14.2 Å². The minimum absolute atomic E-state index is 0.614. The van der Waals surface area contributed by atoms with Crippen LogP contribution in [0.2, 0.25) is 0 Å². The van der Waals surface area contributed by atoms with Gasteiger partial charge in [0.2, 0.25) is 0 Å². The van der Waals surface area contributed by atoms with Crippen molar-refractivity contribution in [2.45, 2.75) is 0 Å². The first kappa shape index (κ1) is 20.9. The Morgan fingerprint density at radius 1 is 0.500 bits per heavy atom. The molecular weight excluding hydrogens is 396 g/mol. The highest BCUT2D eigenvalue weighted by atomic mass is 16.5. The lowest BCUT2D eigenvalue weighted by molar-refractivity contribution is 0.355. The second kappa shape index (κ2) is 9.65. The Morgan fingerprint density at radius 2 is 1.06 bits per heavy atom. The first-order valence-electron chi connectivity index (χ1n) is 10.1. The molecule has 0 bridgehead atoms. The summed E-state index contributed by atoms with van der Waals surface area (Å²) >= 11 is 0. The minimum atomic E-state index is 0.614. The predicted octanol–water partition coefficient (Wildman–Crippen LogP) is 5.67. The number of rotatable bonds is 3. The van der Waals surface area contributed by atoms with Gasteiger partial charge in [0.25, 0.3) is 0 Å². The van der Waals surface area contributed by atoms with Crippen molar-refractivity contribution in [2.24, 2.45) is 0 Å². The van der Waals surface area contributed by atoms with E-state index in [0.29, 0.717) is 11.5 Å². The second-order valence-corrected chi connectivity index (χ2v) is 7.04. The summed E-state index contributed by atoms with van der Waals surface area (Å²) in [6.07, 6.45) is 0. The van der Waals surface area contributed by atoms with Crippen molar-refractivity contribution in [1.29, 1.82) is 0 Å². The van der Waals surface area contributed by atoms with Gasteiger partial charge < -0.3 is 14.2 Å². The minimum Gasteiger partial charge on any atom is -0.497 e. The van der Waals surface area contributed by atoms with Crippen LogP contribution in [0.25, 0.3) is 10.8 Å². The zero-order valence-electron chi connectivity index (χ0n) is 18.2. The van der Waals surface area contributed by atoms with E-state index in [-0.39, 0.29) is 0 Å². The van der Waals surface area contributed by atoms with E-state index in [1.54, 1.807) is 21.3 Å². The number of methoxy groups -OCH3 is 3. The highest BCUT2D eigenvalue weighted by Gasteiger charge is 2.09. The van der Waals surface area contributed by atoms with Crippen molar-refractivity contribution >= 4 is 10.8 Å². The molecule has 4 rings (SSSR count). The Morgan fingerprint density at radius 3 is 1.66 bits per heavy atom. The molecule has 4 aromatic rings. The predicted molar refractivity (Wildman–Crippen MR) is 128 cm³/mol. The molecule has 0 N–H and O–H groups in total. The summed E-state index contributed by atoms with van der Waals surface area (Å²) < 4.78 is 16.2. The third-order valence-electron chi connectivity index (χ3n) is 5.05. The van der Waals surface area contributed by atoms with Crippen LogP contribution < -0.4 is 14.2 Å². The summed E-state index contributed by atoms with van der Waals surface area (Å²) in [5.41, 5.74) is 3.37. The van der Waals surface area contributed by atoms with Crippen LogP contribution in [-0.4, -0.2) is 21.3 Å². The first-order chi connectivity index (χ1) is 15.7. The molecule has 0 amide bonds. The van der Waals surface area contributed by atoms with E-state index in [9.17, 15) is 0 Å². The number of hydrogen-bond acceptors (Lipinski definition) is 3. The maximum Gasteiger partial charge on any atom is 0.162 e. The number of benzene rings is 4. The summed E-state index contributed by atoms with van der Waals surface area (Å²) in [5, 5.41) is 2.35. The normalized spacial score (nSPS) is 9.84. The van der Waals surface area contributed by atoms with Crippen molar-refractivity contribution in [3.63, 3.8) is 0 Å². The molecular formula is C29H22O3. The van der Waals surface area contributed by atoms with Crippen molar-refractivity contribution in [2.75, 3.05) is 21.3 Å². The molecule has 156 valence electrons. The van der Waals surface area contributed by atoms with Crippen LogP contribution in [-0.2, 0) is 0 Å². The van der Waals surface area contributed by atoms with Gasteiger partial charge in [-0.2, -0.15) is 0 Å². The summed E-state index contributed by atoms with van der Waals surface area (Å²) in [7, 11) is 4.87. The lowest BCUT2D eigenvalue weighted by Gasteiger charge is -2.09. The van der Waals surface area contributed by atoms with Gasteiger partial charge in [0, 0.05) is 34.4 Å². The molecule has 0 spiro atoms. The van der Waals surface area contributed by atoms with Crippen LogP contribution in [0.4, 0.5) is 0 Å². The van der Waals surface area contributed by atoms with E-state index in [2.05, 4.69) is 47.9 Å². The third-order valence-corrected chi connectivity index (χ3v) is 5.05. The summed E-state index contributed by atoms with van der Waals surface area (Å²) in [6.45, 7) is 0. The van der Waals surface area contributed by atoms with Crippen LogP contribution in [0.3, 0.4) is 0 Å². The van der Waals surface area contributed by atoms with Gasteiger partial charge in [-0.15, -0.1) is 0 Å². The van der Waals surface area contributed by atoms with Crippen molar-refractivity contribution in [3.05, 3.63) is 101 Å². The number of hydrogen-bond donors (Lipinski definition) is 0. The van der Waals surface area contributed by atoms with E-state index in [1.165, 1.54) is 5.39 Å². The molecule has 32 heavy (non-hydrogen) atoms. The molecule has 4 aromatic carbocycles. The fourth-order valence-corrected chi connectivity index (χ4v) is 3.31. The van der Waals surface area contributed by atoms with Crippen LogP contribution in [0, 0.1) is 23.7 Å². The molecule has 0 saturated carbocycles. The molecule has 0 saturated heterocycles. The molecule has 3 nitrogen and oxygen atoms in total. The van der Waals surface area contributed by atoms with Gasteiger partial charge in [-0.1, -0.05) is 54.0 Å². The van der Waals surface area contributed by atoms with Crippen LogP contribution in [0.5, 0.6) is 17.2 Å². The molecule has 0 aromatic heterocycles. The van der Waals surface area contributed by atoms with Gasteiger partial charge >= 0.3 is 0 Å². The second-order valence-electron chi connectivity index (χ2n) is 7.04. The zero-order chi connectivity index (χ0) is 22.3. The topological polar surface area (TPSA) is 27.7 Å². The summed E-state index contributed by atoms with van der Waals surface area (Å²) in [5.74, 6) is 15.0. The maximum absolute atomic E-state index is 5.48. The molecule has 0 aliphatic heterocycles. The van der Waals surface area contributed by atoms with Gasteiger partial charge in [0.1, 0.15) is 5.75 Å². The lowest BCUT2D eigenvalue weighted by Crippen LogP contribution is -1.94. The Bertz CT molecular complexity index is 1380. The van der Waals surface area contributed by atoms with Crippen LogP contribution in [0.1, 0.15) is 22.3 Å². The molecule has 0 fully saturated rings. The largest absolute Gasteiger partial charge is 0.497 e. The Kier molecular flexibility index (Phi) is 6.30. The van der Waals surface area contributed by atoms with Crippen LogP contribution in [0.15, 0.2) is 78.9 Å². The van der Waals surface area contributed by atoms with E-state index in [0.717, 1.165) is 33.4 Å². The van der Waals surface area contributed by atoms with Gasteiger partial charge in [0.05, 0.1) is 21.3 Å². The highest BCUT2D eigenvalue weighted by molar-refractivity contribution is 5.83. The molecule has 0 atom stereocenters. The van der Waals surface area contributed by atoms with Gasteiger partial charge in [-0.25, -0.2) is 0 Å². The molecule has 0 aliphatic carbocycles. The van der Waals surface area contributed by atoms with Crippen LogP contribution >= 0.6 is 0 Å². The first-order valence-corrected chi connectivity index (χ1v) is 10.1. The average Bonchev–Trinajstić information content (AvgIpc) is 2.86.